The van der Waals surface area contributed by atoms with Gasteiger partial charge in [0.05, 0.1) is 4.99 Å². The molecule has 0 aromatic rings. The maximum atomic E-state index is 11.6. The normalized spacial score (nSPS) is 21.6. The Hall–Kier alpha value is -0.200. The van der Waals surface area contributed by atoms with Gasteiger partial charge < -0.3 is 5.73 Å². The predicted octanol–water partition coefficient (Wildman–Crippen LogP) is 0.380. The van der Waals surface area contributed by atoms with Crippen LogP contribution in [0.15, 0.2) is 0 Å². The summed E-state index contributed by atoms with van der Waals surface area (Å²) in [5.74, 6) is 0. The Morgan fingerprint density at radius 2 is 2.14 bits per heavy atom. The Bertz CT molecular complexity index is 333. The number of sulfonamides is 1. The summed E-state index contributed by atoms with van der Waals surface area (Å²) in [6.07, 6.45) is 2.16. The van der Waals surface area contributed by atoms with Gasteiger partial charge in [0.2, 0.25) is 10.0 Å². The summed E-state index contributed by atoms with van der Waals surface area (Å²) in [5.41, 5.74) is 5.45. The first-order chi connectivity index (χ1) is 6.27. The second kappa shape index (κ2) is 3.75. The van der Waals surface area contributed by atoms with Crippen molar-refractivity contribution in [3.8, 4) is 0 Å². The van der Waals surface area contributed by atoms with E-state index in [0.29, 0.717) is 6.54 Å². The Kier molecular flexibility index (Phi) is 3.18. The average Bonchev–Trinajstić information content (AvgIpc) is 2.80. The van der Waals surface area contributed by atoms with Gasteiger partial charge in [-0.15, -0.1) is 0 Å². The molecular formula is C8H16N2O2S2. The number of hydrogen-bond donors (Lipinski definition) is 2. The third kappa shape index (κ3) is 2.90. The molecule has 0 radical (unpaired) electrons. The maximum Gasteiger partial charge on any atom is 0.220 e. The summed E-state index contributed by atoms with van der Waals surface area (Å²) in [4.78, 5) is 0.0125. The molecule has 82 valence electrons. The molecule has 0 aromatic carbocycles. The molecule has 1 unspecified atom stereocenters. The van der Waals surface area contributed by atoms with Crippen LogP contribution in [-0.2, 0) is 10.0 Å². The molecule has 1 aliphatic carbocycles. The Labute approximate surface area is 90.3 Å². The van der Waals surface area contributed by atoms with Crippen molar-refractivity contribution in [2.75, 3.05) is 6.54 Å². The molecule has 14 heavy (non-hydrogen) atoms. The molecule has 6 heteroatoms. The fraction of sp³-hybridized carbons (Fsp3) is 0.875. The highest BCUT2D eigenvalue weighted by Crippen LogP contribution is 2.44. The molecule has 0 aromatic heterocycles. The van der Waals surface area contributed by atoms with Crippen LogP contribution in [0.5, 0.6) is 0 Å². The van der Waals surface area contributed by atoms with Gasteiger partial charge in [-0.2, -0.15) is 0 Å². The summed E-state index contributed by atoms with van der Waals surface area (Å²) < 4.78 is 25.7. The molecule has 0 amide bonds. The summed E-state index contributed by atoms with van der Waals surface area (Å²) in [5, 5.41) is -0.792. The Morgan fingerprint density at radius 1 is 1.64 bits per heavy atom. The molecule has 0 bridgehead atoms. The number of nitrogens with one attached hydrogen (secondary N) is 1. The van der Waals surface area contributed by atoms with E-state index in [4.69, 9.17) is 5.73 Å². The van der Waals surface area contributed by atoms with E-state index in [2.05, 4.69) is 23.9 Å². The van der Waals surface area contributed by atoms with Gasteiger partial charge in [0.25, 0.3) is 0 Å². The van der Waals surface area contributed by atoms with E-state index >= 15 is 0 Å². The lowest BCUT2D eigenvalue weighted by molar-refractivity contribution is 0.529. The van der Waals surface area contributed by atoms with Crippen molar-refractivity contribution in [1.29, 1.82) is 0 Å². The molecule has 1 saturated carbocycles. The lowest BCUT2D eigenvalue weighted by Crippen LogP contribution is -2.41. The largest absolute Gasteiger partial charge is 0.392 e. The van der Waals surface area contributed by atoms with Crippen molar-refractivity contribution in [3.05, 3.63) is 0 Å². The average molecular weight is 236 g/mol. The van der Waals surface area contributed by atoms with Gasteiger partial charge in [-0.25, -0.2) is 13.1 Å². The number of hydrogen-bond acceptors (Lipinski definition) is 3. The van der Waals surface area contributed by atoms with Crippen LogP contribution < -0.4 is 10.5 Å². The molecule has 0 heterocycles. The van der Waals surface area contributed by atoms with Crippen LogP contribution in [0, 0.1) is 5.41 Å². The second-order valence-electron chi connectivity index (χ2n) is 4.22. The quantitative estimate of drug-likeness (QED) is 0.677. The summed E-state index contributed by atoms with van der Waals surface area (Å²) in [6.45, 7) is 4.04. The van der Waals surface area contributed by atoms with Crippen molar-refractivity contribution in [2.45, 2.75) is 31.9 Å². The van der Waals surface area contributed by atoms with E-state index in [1.165, 1.54) is 6.92 Å². The fourth-order valence-electron chi connectivity index (χ4n) is 0.943. The molecule has 1 atom stereocenters. The van der Waals surface area contributed by atoms with Crippen LogP contribution in [-0.4, -0.2) is 25.2 Å². The van der Waals surface area contributed by atoms with Crippen LogP contribution in [0.1, 0.15) is 26.7 Å². The summed E-state index contributed by atoms with van der Waals surface area (Å²) >= 11 is 4.65. The molecule has 0 saturated heterocycles. The highest BCUT2D eigenvalue weighted by molar-refractivity contribution is 7.93. The third-order valence-corrected chi connectivity index (χ3v) is 4.90. The van der Waals surface area contributed by atoms with Crippen LogP contribution in [0.2, 0.25) is 0 Å². The first-order valence-electron chi connectivity index (χ1n) is 4.55. The Morgan fingerprint density at radius 3 is 2.50 bits per heavy atom. The Balaban J connectivity index is 2.53. The standard InChI is InChI=1S/C8H16N2O2S2/c1-6(7(9)13)14(11,12)10-5-8(2)3-4-8/h6,10H,3-5H2,1-2H3,(H2,9,13). The van der Waals surface area contributed by atoms with Gasteiger partial charge in [-0.1, -0.05) is 19.1 Å². The second-order valence-corrected chi connectivity index (χ2v) is 6.78. The summed E-state index contributed by atoms with van der Waals surface area (Å²) in [7, 11) is -3.37. The first-order valence-corrected chi connectivity index (χ1v) is 6.50. The van der Waals surface area contributed by atoms with E-state index in [9.17, 15) is 8.42 Å². The zero-order valence-electron chi connectivity index (χ0n) is 8.41. The van der Waals surface area contributed by atoms with Crippen molar-refractivity contribution in [2.24, 2.45) is 11.1 Å². The van der Waals surface area contributed by atoms with E-state index in [0.717, 1.165) is 12.8 Å². The predicted molar refractivity (Wildman–Crippen MR) is 60.5 cm³/mol. The molecule has 1 rings (SSSR count). The number of rotatable bonds is 5. The van der Waals surface area contributed by atoms with E-state index in [-0.39, 0.29) is 10.4 Å². The molecule has 4 nitrogen and oxygen atoms in total. The van der Waals surface area contributed by atoms with Crippen molar-refractivity contribution in [3.63, 3.8) is 0 Å². The minimum Gasteiger partial charge on any atom is -0.392 e. The van der Waals surface area contributed by atoms with Crippen molar-refractivity contribution in [1.82, 2.24) is 4.72 Å². The van der Waals surface area contributed by atoms with E-state index in [1.807, 2.05) is 0 Å². The zero-order chi connectivity index (χ0) is 11.0. The molecular weight excluding hydrogens is 220 g/mol. The lowest BCUT2D eigenvalue weighted by atomic mass is 10.2. The molecule has 3 N–H and O–H groups in total. The van der Waals surface area contributed by atoms with Gasteiger partial charge in [0, 0.05) is 6.54 Å². The fourth-order valence-corrected chi connectivity index (χ4v) is 2.43. The summed E-state index contributed by atoms with van der Waals surface area (Å²) in [6, 6.07) is 0. The van der Waals surface area contributed by atoms with Crippen molar-refractivity contribution < 1.29 is 8.42 Å². The van der Waals surface area contributed by atoms with Gasteiger partial charge in [0.15, 0.2) is 0 Å². The van der Waals surface area contributed by atoms with Crippen LogP contribution in [0.4, 0.5) is 0 Å². The van der Waals surface area contributed by atoms with Crippen molar-refractivity contribution >= 4 is 27.2 Å². The highest BCUT2D eigenvalue weighted by atomic mass is 32.2. The smallest absolute Gasteiger partial charge is 0.220 e. The topological polar surface area (TPSA) is 72.2 Å². The molecule has 0 spiro atoms. The van der Waals surface area contributed by atoms with Gasteiger partial charge >= 0.3 is 0 Å². The van der Waals surface area contributed by atoms with E-state index < -0.39 is 15.3 Å². The van der Waals surface area contributed by atoms with Gasteiger partial charge in [-0.05, 0) is 25.2 Å². The minimum atomic E-state index is -3.37. The molecule has 0 aliphatic heterocycles. The zero-order valence-corrected chi connectivity index (χ0v) is 10.0. The molecule has 1 fully saturated rings. The number of nitrogens with two attached hydrogens (primary N) is 1. The van der Waals surface area contributed by atoms with Gasteiger partial charge in [0.1, 0.15) is 5.25 Å². The minimum absolute atomic E-state index is 0.0125. The van der Waals surface area contributed by atoms with E-state index in [1.54, 1.807) is 0 Å². The third-order valence-electron chi connectivity index (χ3n) is 2.67. The number of thiocarbonyl (C=S) groups is 1. The lowest BCUT2D eigenvalue weighted by Gasteiger charge is -2.14. The highest BCUT2D eigenvalue weighted by Gasteiger charge is 2.38. The van der Waals surface area contributed by atoms with Crippen LogP contribution in [0.25, 0.3) is 0 Å². The van der Waals surface area contributed by atoms with Crippen LogP contribution >= 0.6 is 12.2 Å². The van der Waals surface area contributed by atoms with Crippen LogP contribution in [0.3, 0.4) is 0 Å². The molecule has 1 aliphatic rings. The first kappa shape index (κ1) is 11.9. The SMILES string of the molecule is CC(C(N)=S)S(=O)(=O)NCC1(C)CC1. The maximum absolute atomic E-state index is 11.6. The monoisotopic (exact) mass is 236 g/mol. The van der Waals surface area contributed by atoms with Gasteiger partial charge in [-0.3, -0.25) is 0 Å².